The van der Waals surface area contributed by atoms with Crippen molar-refractivity contribution in [3.8, 4) is 17.2 Å². The summed E-state index contributed by atoms with van der Waals surface area (Å²) in [7, 11) is 0. The van der Waals surface area contributed by atoms with Crippen LogP contribution in [-0.4, -0.2) is 31.9 Å². The summed E-state index contributed by atoms with van der Waals surface area (Å²) in [6.45, 7) is 10.3. The second kappa shape index (κ2) is 11.7. The number of carbonyl (C=O) groups excluding carboxylic acids is 1. The number of nitrogens with zero attached hydrogens (tertiary/aromatic N) is 1. The van der Waals surface area contributed by atoms with Crippen LogP contribution in [0.15, 0.2) is 71.3 Å². The second-order valence-corrected chi connectivity index (χ2v) is 6.59. The largest absolute Gasteiger partial charge is 0.490 e. The van der Waals surface area contributed by atoms with E-state index in [1.54, 1.807) is 30.4 Å². The second-order valence-electron chi connectivity index (χ2n) is 5.68. The van der Waals surface area contributed by atoms with Gasteiger partial charge >= 0.3 is 0 Å². The Balaban J connectivity index is 2.12. The fourth-order valence-electron chi connectivity index (χ4n) is 2.31. The van der Waals surface area contributed by atoms with Crippen LogP contribution in [-0.2, 0) is 0 Å². The number of amides is 1. The molecule has 0 fully saturated rings. The van der Waals surface area contributed by atoms with Crippen LogP contribution in [0, 0.1) is 0 Å². The molecular formula is C22H23BrN2O4. The molecule has 0 saturated heterocycles. The number of rotatable bonds is 11. The standard InChI is InChI=1S/C22H23BrN2O4/c1-4-11-28-19-10-8-18(23)13-17(19)15-24-25-22(26)16-7-9-20(29-12-5-2)21(14-16)27-6-3/h4-5,7-10,13-15H,1-2,6,11-12H2,3H3,(H,25,26)/b24-15+. The highest BCUT2D eigenvalue weighted by Gasteiger charge is 2.11. The Bertz CT molecular complexity index is 896. The molecule has 0 aliphatic rings. The molecule has 0 heterocycles. The lowest BCUT2D eigenvalue weighted by Gasteiger charge is -2.12. The van der Waals surface area contributed by atoms with Crippen LogP contribution in [0.4, 0.5) is 0 Å². The summed E-state index contributed by atoms with van der Waals surface area (Å²) in [6.07, 6.45) is 4.81. The van der Waals surface area contributed by atoms with Gasteiger partial charge in [-0.15, -0.1) is 0 Å². The van der Waals surface area contributed by atoms with Gasteiger partial charge in [0.15, 0.2) is 11.5 Å². The molecule has 29 heavy (non-hydrogen) atoms. The van der Waals surface area contributed by atoms with Crippen molar-refractivity contribution in [3.63, 3.8) is 0 Å². The van der Waals surface area contributed by atoms with Gasteiger partial charge in [0.05, 0.1) is 12.8 Å². The van der Waals surface area contributed by atoms with Gasteiger partial charge in [-0.05, 0) is 43.3 Å². The van der Waals surface area contributed by atoms with Crippen LogP contribution in [0.25, 0.3) is 0 Å². The van der Waals surface area contributed by atoms with E-state index in [-0.39, 0.29) is 5.91 Å². The highest BCUT2D eigenvalue weighted by Crippen LogP contribution is 2.28. The first-order valence-corrected chi connectivity index (χ1v) is 9.75. The summed E-state index contributed by atoms with van der Waals surface area (Å²) in [6, 6.07) is 10.5. The number of carbonyl (C=O) groups is 1. The molecule has 0 unspecified atom stereocenters. The normalized spacial score (nSPS) is 10.4. The summed E-state index contributed by atoms with van der Waals surface area (Å²) >= 11 is 3.41. The van der Waals surface area contributed by atoms with Crippen molar-refractivity contribution >= 4 is 28.1 Å². The molecule has 0 aliphatic heterocycles. The third-order valence-electron chi connectivity index (χ3n) is 3.56. The van der Waals surface area contributed by atoms with Gasteiger partial charge in [0, 0.05) is 15.6 Å². The van der Waals surface area contributed by atoms with Gasteiger partial charge in [-0.3, -0.25) is 4.79 Å². The first kappa shape index (κ1) is 22.2. The lowest BCUT2D eigenvalue weighted by atomic mass is 10.2. The van der Waals surface area contributed by atoms with Gasteiger partial charge in [-0.1, -0.05) is 41.2 Å². The van der Waals surface area contributed by atoms with Crippen molar-refractivity contribution < 1.29 is 19.0 Å². The van der Waals surface area contributed by atoms with Gasteiger partial charge in [-0.2, -0.15) is 5.10 Å². The molecule has 0 aromatic heterocycles. The molecule has 1 amide bonds. The quantitative estimate of drug-likeness (QED) is 0.300. The minimum absolute atomic E-state index is 0.346. The first-order chi connectivity index (χ1) is 14.1. The van der Waals surface area contributed by atoms with E-state index in [9.17, 15) is 4.79 Å². The van der Waals surface area contributed by atoms with Gasteiger partial charge < -0.3 is 14.2 Å². The fourth-order valence-corrected chi connectivity index (χ4v) is 2.69. The Morgan fingerprint density at radius 3 is 2.41 bits per heavy atom. The number of halogens is 1. The lowest BCUT2D eigenvalue weighted by Crippen LogP contribution is -2.18. The average molecular weight is 459 g/mol. The SMILES string of the molecule is C=CCOc1ccc(Br)cc1/C=N/NC(=O)c1ccc(OCC=C)c(OCC)c1. The molecule has 7 heteroatoms. The third kappa shape index (κ3) is 6.80. The predicted octanol–water partition coefficient (Wildman–Crippen LogP) is 4.74. The number of benzene rings is 2. The maximum Gasteiger partial charge on any atom is 0.271 e. The molecule has 6 nitrogen and oxygen atoms in total. The molecular weight excluding hydrogens is 436 g/mol. The first-order valence-electron chi connectivity index (χ1n) is 8.96. The Morgan fingerprint density at radius 2 is 1.72 bits per heavy atom. The van der Waals surface area contributed by atoms with Crippen LogP contribution < -0.4 is 19.6 Å². The molecule has 0 atom stereocenters. The minimum atomic E-state index is -0.374. The van der Waals surface area contributed by atoms with Crippen LogP contribution in [0.1, 0.15) is 22.8 Å². The lowest BCUT2D eigenvalue weighted by molar-refractivity contribution is 0.0954. The van der Waals surface area contributed by atoms with Crippen LogP contribution in [0.5, 0.6) is 17.2 Å². The maximum absolute atomic E-state index is 12.4. The zero-order chi connectivity index (χ0) is 21.1. The highest BCUT2D eigenvalue weighted by molar-refractivity contribution is 9.10. The summed E-state index contributed by atoms with van der Waals surface area (Å²) in [4.78, 5) is 12.4. The monoisotopic (exact) mass is 458 g/mol. The maximum atomic E-state index is 12.4. The topological polar surface area (TPSA) is 69.2 Å². The molecule has 0 aliphatic carbocycles. The predicted molar refractivity (Wildman–Crippen MR) is 118 cm³/mol. The van der Waals surface area contributed by atoms with Crippen molar-refractivity contribution in [1.82, 2.24) is 5.43 Å². The van der Waals surface area contributed by atoms with E-state index in [1.165, 1.54) is 6.21 Å². The average Bonchev–Trinajstić information content (AvgIpc) is 2.72. The van der Waals surface area contributed by atoms with E-state index in [0.717, 1.165) is 4.47 Å². The van der Waals surface area contributed by atoms with Crippen molar-refractivity contribution in [2.45, 2.75) is 6.92 Å². The number of hydrazone groups is 1. The summed E-state index contributed by atoms with van der Waals surface area (Å²) < 4.78 is 17.6. The Kier molecular flexibility index (Phi) is 8.98. The molecule has 0 saturated carbocycles. The smallest absolute Gasteiger partial charge is 0.271 e. The molecule has 2 aromatic carbocycles. The number of ether oxygens (including phenoxy) is 3. The van der Waals surface area contributed by atoms with Crippen molar-refractivity contribution in [3.05, 3.63) is 77.3 Å². The number of nitrogens with one attached hydrogen (secondary N) is 1. The molecule has 2 rings (SSSR count). The van der Waals surface area contributed by atoms with E-state index in [1.807, 2.05) is 25.1 Å². The van der Waals surface area contributed by atoms with Gasteiger partial charge in [-0.25, -0.2) is 5.43 Å². The zero-order valence-corrected chi connectivity index (χ0v) is 17.8. The van der Waals surface area contributed by atoms with Crippen LogP contribution in [0.2, 0.25) is 0 Å². The van der Waals surface area contributed by atoms with Crippen molar-refractivity contribution in [2.75, 3.05) is 19.8 Å². The Hall–Kier alpha value is -3.06. The van der Waals surface area contributed by atoms with Gasteiger partial charge in [0.25, 0.3) is 5.91 Å². The molecule has 0 radical (unpaired) electrons. The number of hydrogen-bond acceptors (Lipinski definition) is 5. The Labute approximate surface area is 179 Å². The highest BCUT2D eigenvalue weighted by atomic mass is 79.9. The molecule has 152 valence electrons. The van der Waals surface area contributed by atoms with E-state index in [2.05, 4.69) is 39.6 Å². The molecule has 0 bridgehead atoms. The molecule has 1 N–H and O–H groups in total. The van der Waals surface area contributed by atoms with Crippen LogP contribution in [0.3, 0.4) is 0 Å². The zero-order valence-electron chi connectivity index (χ0n) is 16.2. The van der Waals surface area contributed by atoms with Crippen LogP contribution >= 0.6 is 15.9 Å². The van der Waals surface area contributed by atoms with E-state index < -0.39 is 0 Å². The van der Waals surface area contributed by atoms with Gasteiger partial charge in [0.2, 0.25) is 0 Å². The third-order valence-corrected chi connectivity index (χ3v) is 4.05. The van der Waals surface area contributed by atoms with E-state index in [0.29, 0.717) is 48.2 Å². The Morgan fingerprint density at radius 1 is 1.03 bits per heavy atom. The molecule has 0 spiro atoms. The summed E-state index contributed by atoms with van der Waals surface area (Å²) in [5, 5.41) is 4.04. The number of hydrogen-bond donors (Lipinski definition) is 1. The fraction of sp³-hybridized carbons (Fsp3) is 0.182. The van der Waals surface area contributed by atoms with Crippen molar-refractivity contribution in [2.24, 2.45) is 5.10 Å². The summed E-state index contributed by atoms with van der Waals surface area (Å²) in [5.41, 5.74) is 3.62. The van der Waals surface area contributed by atoms with E-state index in [4.69, 9.17) is 14.2 Å². The summed E-state index contributed by atoms with van der Waals surface area (Å²) in [5.74, 6) is 1.29. The van der Waals surface area contributed by atoms with E-state index >= 15 is 0 Å². The minimum Gasteiger partial charge on any atom is -0.490 e. The van der Waals surface area contributed by atoms with Crippen molar-refractivity contribution in [1.29, 1.82) is 0 Å². The van der Waals surface area contributed by atoms with Gasteiger partial charge in [0.1, 0.15) is 19.0 Å². The molecule has 2 aromatic rings.